The number of amides is 1. The van der Waals surface area contributed by atoms with E-state index in [9.17, 15) is 13.2 Å². The number of sulfonamides is 1. The normalized spacial score (nSPS) is 17.8. The van der Waals surface area contributed by atoms with Crippen molar-refractivity contribution in [1.82, 2.24) is 19.2 Å². The zero-order valence-electron chi connectivity index (χ0n) is 13.8. The monoisotopic (exact) mass is 352 g/mol. The van der Waals surface area contributed by atoms with Gasteiger partial charge in [0, 0.05) is 19.3 Å². The first-order valence-electron chi connectivity index (χ1n) is 7.56. The number of furan rings is 1. The predicted molar refractivity (Wildman–Crippen MR) is 87.0 cm³/mol. The highest BCUT2D eigenvalue weighted by atomic mass is 32.2. The quantitative estimate of drug-likeness (QED) is 0.879. The standard InChI is InChI=1S/C15H20N4O4S/c1-10-4-14(11(2)23-10)15(20)18-7-12-5-16-9-19(12)13(8-18)6-17-24(3,21)22/h4-5,9,13,17H,6-8H2,1-3H3. The molecule has 0 aliphatic carbocycles. The molecule has 1 atom stereocenters. The number of fused-ring (bicyclic) bond motifs is 1. The van der Waals surface area contributed by atoms with Crippen LogP contribution in [0.2, 0.25) is 0 Å². The lowest BCUT2D eigenvalue weighted by atomic mass is 10.1. The van der Waals surface area contributed by atoms with Crippen molar-refractivity contribution in [1.29, 1.82) is 0 Å². The molecule has 2 aromatic rings. The fraction of sp³-hybridized carbons (Fsp3) is 0.467. The summed E-state index contributed by atoms with van der Waals surface area (Å²) in [7, 11) is -3.30. The first-order chi connectivity index (χ1) is 11.2. The van der Waals surface area contributed by atoms with Crippen LogP contribution in [0.1, 0.15) is 33.6 Å². The van der Waals surface area contributed by atoms with E-state index >= 15 is 0 Å². The first kappa shape index (κ1) is 16.7. The molecule has 1 N–H and O–H groups in total. The van der Waals surface area contributed by atoms with E-state index in [2.05, 4.69) is 9.71 Å². The van der Waals surface area contributed by atoms with E-state index in [1.807, 2.05) is 4.57 Å². The fourth-order valence-electron chi connectivity index (χ4n) is 2.96. The van der Waals surface area contributed by atoms with Crippen molar-refractivity contribution in [2.24, 2.45) is 0 Å². The SMILES string of the molecule is Cc1cc(C(=O)N2Cc3cncn3C(CNS(C)(=O)=O)C2)c(C)o1. The summed E-state index contributed by atoms with van der Waals surface area (Å²) in [6.07, 6.45) is 4.48. The molecule has 9 heteroatoms. The van der Waals surface area contributed by atoms with Crippen LogP contribution < -0.4 is 4.72 Å². The highest BCUT2D eigenvalue weighted by Crippen LogP contribution is 2.24. The van der Waals surface area contributed by atoms with Gasteiger partial charge in [-0.1, -0.05) is 0 Å². The van der Waals surface area contributed by atoms with Gasteiger partial charge in [-0.25, -0.2) is 18.1 Å². The molecule has 0 fully saturated rings. The van der Waals surface area contributed by atoms with Gasteiger partial charge in [0.25, 0.3) is 5.91 Å². The number of hydrogen-bond donors (Lipinski definition) is 1. The van der Waals surface area contributed by atoms with Crippen LogP contribution in [-0.4, -0.2) is 48.1 Å². The Hall–Kier alpha value is -2.13. The second kappa shape index (κ2) is 6.06. The summed E-state index contributed by atoms with van der Waals surface area (Å²) in [6.45, 7) is 4.59. The summed E-state index contributed by atoms with van der Waals surface area (Å²) in [5, 5.41) is 0. The van der Waals surface area contributed by atoms with Crippen LogP contribution in [0.3, 0.4) is 0 Å². The molecule has 1 aliphatic rings. The van der Waals surface area contributed by atoms with E-state index < -0.39 is 10.0 Å². The Morgan fingerprint density at radius 1 is 1.46 bits per heavy atom. The molecule has 0 bridgehead atoms. The first-order valence-corrected chi connectivity index (χ1v) is 9.45. The van der Waals surface area contributed by atoms with Gasteiger partial charge >= 0.3 is 0 Å². The van der Waals surface area contributed by atoms with E-state index in [0.29, 0.717) is 30.2 Å². The van der Waals surface area contributed by atoms with E-state index in [1.165, 1.54) is 0 Å². The van der Waals surface area contributed by atoms with Gasteiger partial charge in [0.05, 0.1) is 36.4 Å². The molecule has 1 amide bonds. The molecule has 24 heavy (non-hydrogen) atoms. The average Bonchev–Trinajstić information content (AvgIpc) is 3.09. The minimum absolute atomic E-state index is 0.124. The summed E-state index contributed by atoms with van der Waals surface area (Å²) in [5.74, 6) is 1.15. The van der Waals surface area contributed by atoms with Crippen LogP contribution in [0.25, 0.3) is 0 Å². The second-order valence-electron chi connectivity index (χ2n) is 6.08. The molecule has 130 valence electrons. The third-order valence-corrected chi connectivity index (χ3v) is 4.75. The van der Waals surface area contributed by atoms with Crippen molar-refractivity contribution in [2.45, 2.75) is 26.4 Å². The lowest BCUT2D eigenvalue weighted by Crippen LogP contribution is -2.44. The number of imidazole rings is 1. The van der Waals surface area contributed by atoms with Crippen LogP contribution >= 0.6 is 0 Å². The van der Waals surface area contributed by atoms with Gasteiger partial charge in [-0.3, -0.25) is 4.79 Å². The minimum atomic E-state index is -3.30. The van der Waals surface area contributed by atoms with Gasteiger partial charge in [-0.2, -0.15) is 0 Å². The Morgan fingerprint density at radius 2 is 2.21 bits per heavy atom. The Bertz CT molecular complexity index is 868. The van der Waals surface area contributed by atoms with Crippen molar-refractivity contribution in [3.05, 3.63) is 41.4 Å². The molecule has 1 aliphatic heterocycles. The number of carbonyl (C=O) groups excluding carboxylic acids is 1. The molecule has 0 saturated carbocycles. The number of rotatable bonds is 4. The summed E-state index contributed by atoms with van der Waals surface area (Å²) >= 11 is 0. The Labute approximate surface area is 140 Å². The molecular formula is C15H20N4O4S. The number of aryl methyl sites for hydroxylation is 2. The Kier molecular flexibility index (Phi) is 4.22. The summed E-state index contributed by atoms with van der Waals surface area (Å²) in [6, 6.07) is 1.52. The number of aromatic nitrogens is 2. The van der Waals surface area contributed by atoms with Crippen molar-refractivity contribution >= 4 is 15.9 Å². The number of carbonyl (C=O) groups is 1. The van der Waals surface area contributed by atoms with E-state index in [-0.39, 0.29) is 18.5 Å². The third kappa shape index (κ3) is 3.36. The molecule has 8 nitrogen and oxygen atoms in total. The van der Waals surface area contributed by atoms with Crippen molar-refractivity contribution in [3.8, 4) is 0 Å². The Balaban J connectivity index is 1.84. The van der Waals surface area contributed by atoms with Crippen molar-refractivity contribution in [2.75, 3.05) is 19.3 Å². The van der Waals surface area contributed by atoms with Crippen LogP contribution in [0.15, 0.2) is 23.0 Å². The topological polar surface area (TPSA) is 97.4 Å². The maximum Gasteiger partial charge on any atom is 0.257 e. The van der Waals surface area contributed by atoms with E-state index in [0.717, 1.165) is 11.9 Å². The second-order valence-corrected chi connectivity index (χ2v) is 7.91. The zero-order valence-corrected chi connectivity index (χ0v) is 14.6. The molecule has 0 radical (unpaired) electrons. The summed E-state index contributed by atoms with van der Waals surface area (Å²) in [5.41, 5.74) is 1.41. The highest BCUT2D eigenvalue weighted by Gasteiger charge is 2.30. The number of hydrogen-bond acceptors (Lipinski definition) is 5. The van der Waals surface area contributed by atoms with Gasteiger partial charge in [0.2, 0.25) is 10.0 Å². The lowest BCUT2D eigenvalue weighted by Gasteiger charge is -2.34. The summed E-state index contributed by atoms with van der Waals surface area (Å²) < 4.78 is 32.6. The van der Waals surface area contributed by atoms with Crippen LogP contribution in [0, 0.1) is 13.8 Å². The molecular weight excluding hydrogens is 332 g/mol. The molecule has 2 aromatic heterocycles. The largest absolute Gasteiger partial charge is 0.466 e. The molecule has 0 saturated heterocycles. The zero-order chi connectivity index (χ0) is 17.5. The van der Waals surface area contributed by atoms with Crippen LogP contribution in [-0.2, 0) is 16.6 Å². The van der Waals surface area contributed by atoms with Crippen molar-refractivity contribution < 1.29 is 17.6 Å². The van der Waals surface area contributed by atoms with Gasteiger partial charge in [0.1, 0.15) is 11.5 Å². The van der Waals surface area contributed by atoms with Crippen molar-refractivity contribution in [3.63, 3.8) is 0 Å². The van der Waals surface area contributed by atoms with Gasteiger partial charge in [-0.15, -0.1) is 0 Å². The predicted octanol–water partition coefficient (Wildman–Crippen LogP) is 0.839. The Morgan fingerprint density at radius 3 is 2.83 bits per heavy atom. The molecule has 3 heterocycles. The van der Waals surface area contributed by atoms with Gasteiger partial charge in [0.15, 0.2) is 0 Å². The number of nitrogens with zero attached hydrogens (tertiary/aromatic N) is 3. The summed E-state index contributed by atoms with van der Waals surface area (Å²) in [4.78, 5) is 18.6. The van der Waals surface area contributed by atoms with Crippen LogP contribution in [0.4, 0.5) is 0 Å². The molecule has 1 unspecified atom stereocenters. The number of nitrogens with one attached hydrogen (secondary N) is 1. The smallest absolute Gasteiger partial charge is 0.257 e. The maximum atomic E-state index is 12.8. The highest BCUT2D eigenvalue weighted by molar-refractivity contribution is 7.88. The minimum Gasteiger partial charge on any atom is -0.466 e. The maximum absolute atomic E-state index is 12.8. The van der Waals surface area contributed by atoms with Gasteiger partial charge < -0.3 is 13.9 Å². The molecule has 0 spiro atoms. The van der Waals surface area contributed by atoms with E-state index in [4.69, 9.17) is 4.42 Å². The van der Waals surface area contributed by atoms with Crippen LogP contribution in [0.5, 0.6) is 0 Å². The van der Waals surface area contributed by atoms with Gasteiger partial charge in [-0.05, 0) is 19.9 Å². The average molecular weight is 352 g/mol. The molecule has 3 rings (SSSR count). The third-order valence-electron chi connectivity index (χ3n) is 4.06. The lowest BCUT2D eigenvalue weighted by molar-refractivity contribution is 0.0678. The van der Waals surface area contributed by atoms with E-state index in [1.54, 1.807) is 37.3 Å². The molecule has 0 aromatic carbocycles. The fourth-order valence-corrected chi connectivity index (χ4v) is 3.46.